The van der Waals surface area contributed by atoms with E-state index in [0.717, 1.165) is 17.8 Å². The van der Waals surface area contributed by atoms with E-state index in [1.54, 1.807) is 18.2 Å². The number of ether oxygens (including phenoxy) is 2. The molecular weight excluding hydrogens is 344 g/mol. The number of rotatable bonds is 8. The predicted molar refractivity (Wildman–Crippen MR) is 94.4 cm³/mol. The maximum absolute atomic E-state index is 12.1. The van der Waals surface area contributed by atoms with Crippen molar-refractivity contribution in [1.82, 2.24) is 15.5 Å². The van der Waals surface area contributed by atoms with Crippen LogP contribution in [-0.2, 0) is 11.2 Å². The Hall–Kier alpha value is -2.68. The number of aromatic nitrogens is 2. The molecule has 0 aliphatic rings. The SMILES string of the molecule is CCCc1nnc(NC(=O)CNC(=O)c2ccc(OC)c(OC)c2)s1. The first-order chi connectivity index (χ1) is 12.1. The Balaban J connectivity index is 1.89. The first kappa shape index (κ1) is 18.7. The zero-order chi connectivity index (χ0) is 18.2. The molecule has 0 spiro atoms. The number of hydrogen-bond acceptors (Lipinski definition) is 7. The van der Waals surface area contributed by atoms with Crippen LogP contribution in [0.15, 0.2) is 18.2 Å². The number of nitrogens with one attached hydrogen (secondary N) is 2. The van der Waals surface area contributed by atoms with Gasteiger partial charge in [0.1, 0.15) is 5.01 Å². The molecule has 0 bridgehead atoms. The summed E-state index contributed by atoms with van der Waals surface area (Å²) in [4.78, 5) is 24.1. The van der Waals surface area contributed by atoms with Gasteiger partial charge in [0, 0.05) is 12.0 Å². The van der Waals surface area contributed by atoms with Gasteiger partial charge in [-0.05, 0) is 24.6 Å². The van der Waals surface area contributed by atoms with Gasteiger partial charge in [-0.3, -0.25) is 14.9 Å². The molecule has 0 radical (unpaired) electrons. The van der Waals surface area contributed by atoms with Crippen molar-refractivity contribution in [3.8, 4) is 11.5 Å². The molecule has 0 saturated heterocycles. The second kappa shape index (κ2) is 8.97. The highest BCUT2D eigenvalue weighted by Crippen LogP contribution is 2.27. The number of nitrogens with zero attached hydrogens (tertiary/aromatic N) is 2. The molecule has 1 aromatic heterocycles. The van der Waals surface area contributed by atoms with Crippen molar-refractivity contribution >= 4 is 28.3 Å². The summed E-state index contributed by atoms with van der Waals surface area (Å²) in [5, 5.41) is 14.3. The highest BCUT2D eigenvalue weighted by Gasteiger charge is 2.13. The van der Waals surface area contributed by atoms with Crippen molar-refractivity contribution < 1.29 is 19.1 Å². The number of anilines is 1. The van der Waals surface area contributed by atoms with Gasteiger partial charge in [-0.2, -0.15) is 0 Å². The summed E-state index contributed by atoms with van der Waals surface area (Å²) < 4.78 is 10.3. The van der Waals surface area contributed by atoms with Gasteiger partial charge in [0.15, 0.2) is 11.5 Å². The van der Waals surface area contributed by atoms with Crippen molar-refractivity contribution in [1.29, 1.82) is 0 Å². The number of aryl methyl sites for hydroxylation is 1. The smallest absolute Gasteiger partial charge is 0.251 e. The van der Waals surface area contributed by atoms with Crippen molar-refractivity contribution in [2.75, 3.05) is 26.1 Å². The van der Waals surface area contributed by atoms with Crippen molar-refractivity contribution in [3.05, 3.63) is 28.8 Å². The molecule has 0 unspecified atom stereocenters. The minimum atomic E-state index is -0.389. The number of carbonyl (C=O) groups excluding carboxylic acids is 2. The van der Waals surface area contributed by atoms with E-state index in [0.29, 0.717) is 22.2 Å². The normalized spacial score (nSPS) is 10.2. The molecule has 2 aromatic rings. The van der Waals surface area contributed by atoms with Crippen LogP contribution in [0, 0.1) is 0 Å². The molecule has 0 aliphatic heterocycles. The molecule has 1 heterocycles. The number of methoxy groups -OCH3 is 2. The fourth-order valence-corrected chi connectivity index (χ4v) is 2.88. The Morgan fingerprint density at radius 3 is 2.60 bits per heavy atom. The Kier molecular flexibility index (Phi) is 6.70. The van der Waals surface area contributed by atoms with Crippen LogP contribution in [-0.4, -0.2) is 42.8 Å². The van der Waals surface area contributed by atoms with Gasteiger partial charge in [-0.25, -0.2) is 0 Å². The summed E-state index contributed by atoms with van der Waals surface area (Å²) in [5.74, 6) is 0.209. The first-order valence-corrected chi connectivity index (χ1v) is 8.51. The third kappa shape index (κ3) is 5.15. The molecule has 25 heavy (non-hydrogen) atoms. The topological polar surface area (TPSA) is 102 Å². The lowest BCUT2D eigenvalue weighted by Crippen LogP contribution is -2.32. The second-order valence-corrected chi connectivity index (χ2v) is 6.11. The summed E-state index contributed by atoms with van der Waals surface area (Å²) in [7, 11) is 3.00. The van der Waals surface area contributed by atoms with Gasteiger partial charge in [0.05, 0.1) is 20.8 Å². The average molecular weight is 364 g/mol. The number of benzene rings is 1. The lowest BCUT2D eigenvalue weighted by atomic mass is 10.2. The fourth-order valence-electron chi connectivity index (χ4n) is 2.02. The van der Waals surface area contributed by atoms with Crippen LogP contribution in [0.3, 0.4) is 0 Å². The van der Waals surface area contributed by atoms with Gasteiger partial charge in [0.25, 0.3) is 5.91 Å². The van der Waals surface area contributed by atoms with E-state index in [1.165, 1.54) is 25.6 Å². The average Bonchev–Trinajstić information content (AvgIpc) is 3.06. The molecule has 134 valence electrons. The summed E-state index contributed by atoms with van der Waals surface area (Å²) in [6, 6.07) is 4.77. The van der Waals surface area contributed by atoms with E-state index in [9.17, 15) is 9.59 Å². The minimum absolute atomic E-state index is 0.171. The monoisotopic (exact) mass is 364 g/mol. The second-order valence-electron chi connectivity index (χ2n) is 5.05. The molecule has 2 N–H and O–H groups in total. The Morgan fingerprint density at radius 1 is 1.16 bits per heavy atom. The summed E-state index contributed by atoms with van der Waals surface area (Å²) >= 11 is 1.33. The van der Waals surface area contributed by atoms with E-state index in [4.69, 9.17) is 9.47 Å². The first-order valence-electron chi connectivity index (χ1n) is 7.69. The number of hydrogen-bond donors (Lipinski definition) is 2. The third-order valence-electron chi connectivity index (χ3n) is 3.23. The molecule has 9 heteroatoms. The Bertz CT molecular complexity index is 747. The number of carbonyl (C=O) groups is 2. The Morgan fingerprint density at radius 2 is 1.92 bits per heavy atom. The summed E-state index contributed by atoms with van der Waals surface area (Å²) in [6.07, 6.45) is 1.79. The molecule has 1 aromatic carbocycles. The molecule has 8 nitrogen and oxygen atoms in total. The van der Waals surface area contributed by atoms with Gasteiger partial charge in [0.2, 0.25) is 11.0 Å². The van der Waals surface area contributed by atoms with Gasteiger partial charge in [-0.15, -0.1) is 10.2 Å². The maximum atomic E-state index is 12.1. The van der Waals surface area contributed by atoms with Crippen LogP contribution in [0.25, 0.3) is 0 Å². The van der Waals surface area contributed by atoms with Crippen LogP contribution in [0.4, 0.5) is 5.13 Å². The van der Waals surface area contributed by atoms with Crippen LogP contribution in [0.1, 0.15) is 28.7 Å². The van der Waals surface area contributed by atoms with E-state index in [2.05, 4.69) is 20.8 Å². The zero-order valence-corrected chi connectivity index (χ0v) is 15.1. The predicted octanol–water partition coefficient (Wildman–Crippen LogP) is 1.88. The summed E-state index contributed by atoms with van der Waals surface area (Å²) in [5.41, 5.74) is 0.367. The van der Waals surface area contributed by atoms with Crippen LogP contribution in [0.2, 0.25) is 0 Å². The van der Waals surface area contributed by atoms with Gasteiger partial charge >= 0.3 is 0 Å². The van der Waals surface area contributed by atoms with E-state index in [-0.39, 0.29) is 18.4 Å². The Labute approximate surface area is 149 Å². The molecule has 0 saturated carbocycles. The van der Waals surface area contributed by atoms with Gasteiger partial charge in [-0.1, -0.05) is 18.3 Å². The zero-order valence-electron chi connectivity index (χ0n) is 14.3. The summed E-state index contributed by atoms with van der Waals surface area (Å²) in [6.45, 7) is 1.87. The molecular formula is C16H20N4O4S. The van der Waals surface area contributed by atoms with Gasteiger partial charge < -0.3 is 14.8 Å². The maximum Gasteiger partial charge on any atom is 0.251 e. The van der Waals surface area contributed by atoms with Crippen molar-refractivity contribution in [3.63, 3.8) is 0 Å². The van der Waals surface area contributed by atoms with Crippen molar-refractivity contribution in [2.24, 2.45) is 0 Å². The van der Waals surface area contributed by atoms with Crippen molar-refractivity contribution in [2.45, 2.75) is 19.8 Å². The molecule has 2 rings (SSSR count). The highest BCUT2D eigenvalue weighted by atomic mass is 32.1. The lowest BCUT2D eigenvalue weighted by molar-refractivity contribution is -0.115. The van der Waals surface area contributed by atoms with Crippen LogP contribution < -0.4 is 20.1 Å². The fraction of sp³-hybridized carbons (Fsp3) is 0.375. The highest BCUT2D eigenvalue weighted by molar-refractivity contribution is 7.15. The molecule has 0 fully saturated rings. The lowest BCUT2D eigenvalue weighted by Gasteiger charge is -2.09. The van der Waals surface area contributed by atoms with Crippen LogP contribution >= 0.6 is 11.3 Å². The largest absolute Gasteiger partial charge is 0.493 e. The standard InChI is InChI=1S/C16H20N4O4S/c1-4-5-14-19-20-16(25-14)18-13(21)9-17-15(22)10-6-7-11(23-2)12(8-10)24-3/h6-8H,4-5,9H2,1-3H3,(H,17,22)(H,18,20,21). The molecule has 0 atom stereocenters. The molecule has 0 aliphatic carbocycles. The van der Waals surface area contributed by atoms with Crippen LogP contribution in [0.5, 0.6) is 11.5 Å². The van der Waals surface area contributed by atoms with E-state index in [1.807, 2.05) is 6.92 Å². The minimum Gasteiger partial charge on any atom is -0.493 e. The third-order valence-corrected chi connectivity index (χ3v) is 4.13. The van der Waals surface area contributed by atoms with E-state index >= 15 is 0 Å². The van der Waals surface area contributed by atoms with E-state index < -0.39 is 0 Å². The molecule has 2 amide bonds. The number of amides is 2. The quantitative estimate of drug-likeness (QED) is 0.741.